The lowest BCUT2D eigenvalue weighted by molar-refractivity contribution is -0.155. The van der Waals surface area contributed by atoms with Gasteiger partial charge in [-0.1, -0.05) is 17.7 Å². The van der Waals surface area contributed by atoms with Crippen LogP contribution in [0.3, 0.4) is 0 Å². The van der Waals surface area contributed by atoms with E-state index in [1.54, 1.807) is 18.2 Å². The number of ether oxygens (including phenoxy) is 2. The van der Waals surface area contributed by atoms with Crippen molar-refractivity contribution in [1.82, 2.24) is 0 Å². The minimum atomic E-state index is -1.72. The van der Waals surface area contributed by atoms with E-state index in [0.717, 1.165) is 11.6 Å². The molecule has 0 bridgehead atoms. The zero-order chi connectivity index (χ0) is 20.1. The number of halogens is 4. The maximum absolute atomic E-state index is 13.6. The first-order valence-electron chi connectivity index (χ1n) is 7.72. The third kappa shape index (κ3) is 5.37. The molecule has 9 heteroatoms. The SMILES string of the molecule is Cc1ccc(Cl)c(OCC(=O)O[C@H](C)C(=O)Nc2ccc(F)c(F)c2F)c1. The van der Waals surface area contributed by atoms with Crippen molar-refractivity contribution in [2.75, 3.05) is 11.9 Å². The largest absolute Gasteiger partial charge is 0.480 e. The average molecular weight is 402 g/mol. The molecule has 27 heavy (non-hydrogen) atoms. The Morgan fingerprint density at radius 2 is 1.85 bits per heavy atom. The Balaban J connectivity index is 1.91. The Morgan fingerprint density at radius 3 is 2.56 bits per heavy atom. The van der Waals surface area contributed by atoms with Crippen LogP contribution >= 0.6 is 11.6 Å². The van der Waals surface area contributed by atoms with Crippen molar-refractivity contribution in [3.63, 3.8) is 0 Å². The summed E-state index contributed by atoms with van der Waals surface area (Å²) >= 11 is 5.93. The number of hydrogen-bond donors (Lipinski definition) is 1. The van der Waals surface area contributed by atoms with Gasteiger partial charge >= 0.3 is 5.97 Å². The fourth-order valence-electron chi connectivity index (χ4n) is 2.00. The monoisotopic (exact) mass is 401 g/mol. The third-order valence-electron chi connectivity index (χ3n) is 3.40. The van der Waals surface area contributed by atoms with Crippen molar-refractivity contribution < 1.29 is 32.2 Å². The zero-order valence-electron chi connectivity index (χ0n) is 14.3. The van der Waals surface area contributed by atoms with E-state index >= 15 is 0 Å². The van der Waals surface area contributed by atoms with E-state index in [0.29, 0.717) is 11.1 Å². The van der Waals surface area contributed by atoms with Gasteiger partial charge in [0.05, 0.1) is 10.7 Å². The van der Waals surface area contributed by atoms with Gasteiger partial charge in [0, 0.05) is 0 Å². The Hall–Kier alpha value is -2.74. The van der Waals surface area contributed by atoms with Gasteiger partial charge in [0.15, 0.2) is 30.2 Å². The normalized spacial score (nSPS) is 11.6. The highest BCUT2D eigenvalue weighted by Gasteiger charge is 2.21. The minimum absolute atomic E-state index is 0.273. The first-order valence-corrected chi connectivity index (χ1v) is 8.09. The highest BCUT2D eigenvalue weighted by Crippen LogP contribution is 2.25. The van der Waals surface area contributed by atoms with Gasteiger partial charge in [-0.3, -0.25) is 4.79 Å². The van der Waals surface area contributed by atoms with E-state index in [4.69, 9.17) is 21.1 Å². The Kier molecular flexibility index (Phi) is 6.68. The smallest absolute Gasteiger partial charge is 0.344 e. The number of hydrogen-bond acceptors (Lipinski definition) is 4. The van der Waals surface area contributed by atoms with Crippen LogP contribution in [0.25, 0.3) is 0 Å². The van der Waals surface area contributed by atoms with Crippen molar-refractivity contribution in [3.8, 4) is 5.75 Å². The molecule has 5 nitrogen and oxygen atoms in total. The molecular weight excluding hydrogens is 387 g/mol. The number of nitrogens with one attached hydrogen (secondary N) is 1. The fraction of sp³-hybridized carbons (Fsp3) is 0.222. The van der Waals surface area contributed by atoms with Crippen LogP contribution in [0, 0.1) is 24.4 Å². The summed E-state index contributed by atoms with van der Waals surface area (Å²) in [6, 6.07) is 6.49. The predicted octanol–water partition coefficient (Wildman–Crippen LogP) is 4.01. The first kappa shape index (κ1) is 20.6. The van der Waals surface area contributed by atoms with Crippen LogP contribution in [0.4, 0.5) is 18.9 Å². The molecule has 0 saturated carbocycles. The second kappa shape index (κ2) is 8.77. The summed E-state index contributed by atoms with van der Waals surface area (Å²) in [6.45, 7) is 2.52. The molecule has 0 saturated heterocycles. The number of rotatable bonds is 6. The lowest BCUT2D eigenvalue weighted by Crippen LogP contribution is -2.32. The molecule has 1 N–H and O–H groups in total. The Labute approximate surface area is 158 Å². The van der Waals surface area contributed by atoms with Gasteiger partial charge in [-0.2, -0.15) is 0 Å². The van der Waals surface area contributed by atoms with Crippen molar-refractivity contribution in [3.05, 3.63) is 58.4 Å². The number of aryl methyl sites for hydroxylation is 1. The minimum Gasteiger partial charge on any atom is -0.480 e. The number of carbonyl (C=O) groups is 2. The van der Waals surface area contributed by atoms with Gasteiger partial charge in [0.25, 0.3) is 5.91 Å². The lowest BCUT2D eigenvalue weighted by atomic mass is 10.2. The molecular formula is C18H15ClF3NO4. The second-order valence-electron chi connectivity index (χ2n) is 5.57. The number of carbonyl (C=O) groups excluding carboxylic acids is 2. The summed E-state index contributed by atoms with van der Waals surface area (Å²) in [5.74, 6) is -6.20. The summed E-state index contributed by atoms with van der Waals surface area (Å²) in [5, 5.41) is 2.31. The molecule has 0 heterocycles. The third-order valence-corrected chi connectivity index (χ3v) is 3.71. The Morgan fingerprint density at radius 1 is 1.15 bits per heavy atom. The first-order chi connectivity index (χ1) is 12.7. The van der Waals surface area contributed by atoms with E-state index < -0.39 is 47.7 Å². The second-order valence-corrected chi connectivity index (χ2v) is 5.97. The highest BCUT2D eigenvalue weighted by molar-refractivity contribution is 6.32. The van der Waals surface area contributed by atoms with Gasteiger partial charge in [0.2, 0.25) is 0 Å². The number of anilines is 1. The number of amides is 1. The van der Waals surface area contributed by atoms with E-state index in [1.807, 2.05) is 12.2 Å². The molecule has 1 atom stereocenters. The topological polar surface area (TPSA) is 64.6 Å². The van der Waals surface area contributed by atoms with Crippen LogP contribution in [-0.4, -0.2) is 24.6 Å². The molecule has 0 spiro atoms. The van der Waals surface area contributed by atoms with Gasteiger partial charge < -0.3 is 14.8 Å². The van der Waals surface area contributed by atoms with Crippen LogP contribution in [0.1, 0.15) is 12.5 Å². The van der Waals surface area contributed by atoms with E-state index in [9.17, 15) is 22.8 Å². The molecule has 1 amide bonds. The molecule has 0 unspecified atom stereocenters. The molecule has 0 aromatic heterocycles. The molecule has 0 aliphatic carbocycles. The molecule has 0 radical (unpaired) electrons. The van der Waals surface area contributed by atoms with Crippen LogP contribution in [0.5, 0.6) is 5.75 Å². The van der Waals surface area contributed by atoms with E-state index in [1.165, 1.54) is 6.92 Å². The molecule has 2 rings (SSSR count). The number of esters is 1. The van der Waals surface area contributed by atoms with Gasteiger partial charge in [-0.25, -0.2) is 18.0 Å². The average Bonchev–Trinajstić information content (AvgIpc) is 2.62. The van der Waals surface area contributed by atoms with E-state index in [2.05, 4.69) is 0 Å². The van der Waals surface area contributed by atoms with E-state index in [-0.39, 0.29) is 5.75 Å². The summed E-state index contributed by atoms with van der Waals surface area (Å²) in [6.07, 6.45) is -1.33. The van der Waals surface area contributed by atoms with Crippen molar-refractivity contribution in [1.29, 1.82) is 0 Å². The molecule has 2 aromatic carbocycles. The molecule has 144 valence electrons. The van der Waals surface area contributed by atoms with Gasteiger partial charge in [-0.15, -0.1) is 0 Å². The zero-order valence-corrected chi connectivity index (χ0v) is 15.1. The molecule has 2 aromatic rings. The predicted molar refractivity (Wildman–Crippen MR) is 92.2 cm³/mol. The van der Waals surface area contributed by atoms with Crippen LogP contribution < -0.4 is 10.1 Å². The summed E-state index contributed by atoms with van der Waals surface area (Å²) in [5.41, 5.74) is 0.286. The summed E-state index contributed by atoms with van der Waals surface area (Å²) in [7, 11) is 0. The maximum Gasteiger partial charge on any atom is 0.344 e. The highest BCUT2D eigenvalue weighted by atomic mass is 35.5. The standard InChI is InChI=1S/C18H15ClF3NO4/c1-9-3-4-11(19)14(7-9)26-8-15(24)27-10(2)18(25)23-13-6-5-12(20)16(21)17(13)22/h3-7,10H,8H2,1-2H3,(H,23,25)/t10-/m1/s1. The van der Waals surface area contributed by atoms with Gasteiger partial charge in [-0.05, 0) is 43.7 Å². The number of benzene rings is 2. The molecule has 0 aliphatic rings. The van der Waals surface area contributed by atoms with Crippen molar-refractivity contribution in [2.24, 2.45) is 0 Å². The lowest BCUT2D eigenvalue weighted by Gasteiger charge is -2.15. The maximum atomic E-state index is 13.6. The molecule has 0 fully saturated rings. The Bertz CT molecular complexity index is 876. The summed E-state index contributed by atoms with van der Waals surface area (Å²) < 4.78 is 49.7. The van der Waals surface area contributed by atoms with Crippen LogP contribution in [0.2, 0.25) is 5.02 Å². The molecule has 0 aliphatic heterocycles. The van der Waals surface area contributed by atoms with Crippen molar-refractivity contribution in [2.45, 2.75) is 20.0 Å². The fourth-order valence-corrected chi connectivity index (χ4v) is 2.17. The summed E-state index contributed by atoms with van der Waals surface area (Å²) in [4.78, 5) is 23.7. The van der Waals surface area contributed by atoms with Crippen molar-refractivity contribution >= 4 is 29.2 Å². The van der Waals surface area contributed by atoms with Crippen LogP contribution in [0.15, 0.2) is 30.3 Å². The van der Waals surface area contributed by atoms with Gasteiger partial charge in [0.1, 0.15) is 5.75 Å². The quantitative estimate of drug-likeness (QED) is 0.586. The van der Waals surface area contributed by atoms with Crippen LogP contribution in [-0.2, 0) is 14.3 Å².